The van der Waals surface area contributed by atoms with Gasteiger partial charge in [-0.25, -0.2) is 9.37 Å². The molecule has 1 aromatic carbocycles. The summed E-state index contributed by atoms with van der Waals surface area (Å²) < 4.78 is 58.8. The van der Waals surface area contributed by atoms with Crippen LogP contribution in [0.5, 0.6) is 0 Å². The number of aromatic nitrogens is 1. The second kappa shape index (κ2) is 10.5. The van der Waals surface area contributed by atoms with Crippen molar-refractivity contribution in [2.75, 3.05) is 36.8 Å². The summed E-state index contributed by atoms with van der Waals surface area (Å²) in [6.45, 7) is 11.0. The zero-order chi connectivity index (χ0) is 26.1. The smallest absolute Gasteiger partial charge is 0.416 e. The number of alkyl halides is 3. The standard InChI is InChI=1S/C25H31F4N5OS/c1-16-23(35-15-30-16)17(2)31-32-18(3)36-11-5-9-33-13-22-24(4,14-33)8-10-34(22)21-7-6-19(12-20(21)26)25(27,28)29/h6-7,12,15,22H,5,8-11,13-14H2,1-4H3/b31-17+,32-18+/t22-,24+/m1/s1. The molecule has 2 aliphatic rings. The lowest BCUT2D eigenvalue weighted by Gasteiger charge is -2.30. The van der Waals surface area contributed by atoms with Crippen molar-refractivity contribution >= 4 is 28.2 Å². The average Bonchev–Trinajstić information content (AvgIpc) is 3.47. The number of likely N-dealkylation sites (tertiary alicyclic amines) is 1. The van der Waals surface area contributed by atoms with Gasteiger partial charge < -0.3 is 14.2 Å². The second-order valence-corrected chi connectivity index (χ2v) is 11.1. The number of oxazole rings is 1. The van der Waals surface area contributed by atoms with E-state index in [1.54, 1.807) is 11.8 Å². The summed E-state index contributed by atoms with van der Waals surface area (Å²) in [5.41, 5.74) is 0.753. The van der Waals surface area contributed by atoms with Crippen LogP contribution in [0, 0.1) is 18.2 Å². The summed E-state index contributed by atoms with van der Waals surface area (Å²) >= 11 is 1.64. The van der Waals surface area contributed by atoms with Crippen molar-refractivity contribution in [3.05, 3.63) is 47.4 Å². The van der Waals surface area contributed by atoms with Gasteiger partial charge in [-0.15, -0.1) is 16.9 Å². The van der Waals surface area contributed by atoms with Gasteiger partial charge in [-0.2, -0.15) is 18.3 Å². The Morgan fingerprint density at radius 3 is 2.72 bits per heavy atom. The van der Waals surface area contributed by atoms with E-state index in [9.17, 15) is 17.6 Å². The second-order valence-electron chi connectivity index (χ2n) is 9.79. The number of aryl methyl sites for hydroxylation is 1. The van der Waals surface area contributed by atoms with E-state index in [-0.39, 0.29) is 17.1 Å². The molecule has 2 fully saturated rings. The van der Waals surface area contributed by atoms with Crippen LogP contribution >= 0.6 is 11.8 Å². The van der Waals surface area contributed by atoms with Gasteiger partial charge in [-0.3, -0.25) is 0 Å². The van der Waals surface area contributed by atoms with Gasteiger partial charge in [-0.1, -0.05) is 6.92 Å². The number of hydrogen-bond acceptors (Lipinski definition) is 7. The first-order valence-corrected chi connectivity index (χ1v) is 12.9. The lowest BCUT2D eigenvalue weighted by atomic mass is 9.85. The van der Waals surface area contributed by atoms with E-state index >= 15 is 0 Å². The lowest BCUT2D eigenvalue weighted by molar-refractivity contribution is -0.137. The summed E-state index contributed by atoms with van der Waals surface area (Å²) in [5.74, 6) is 0.713. The molecule has 0 unspecified atom stereocenters. The molecule has 0 aliphatic carbocycles. The van der Waals surface area contributed by atoms with Crippen LogP contribution in [0.1, 0.15) is 50.6 Å². The van der Waals surface area contributed by atoms with Crippen molar-refractivity contribution in [2.24, 2.45) is 15.6 Å². The molecule has 36 heavy (non-hydrogen) atoms. The van der Waals surface area contributed by atoms with Crippen LogP contribution in [0.3, 0.4) is 0 Å². The molecule has 4 rings (SSSR count). The Morgan fingerprint density at radius 1 is 1.28 bits per heavy atom. The van der Waals surface area contributed by atoms with Gasteiger partial charge in [0.25, 0.3) is 0 Å². The number of thioether (sulfide) groups is 1. The summed E-state index contributed by atoms with van der Waals surface area (Å²) in [6.07, 6.45) is -1.32. The highest BCUT2D eigenvalue weighted by Crippen LogP contribution is 2.45. The minimum Gasteiger partial charge on any atom is -0.442 e. The number of nitrogens with zero attached hydrogens (tertiary/aromatic N) is 5. The maximum atomic E-state index is 14.7. The largest absolute Gasteiger partial charge is 0.442 e. The normalized spacial score (nSPS) is 23.6. The molecule has 3 heterocycles. The van der Waals surface area contributed by atoms with Crippen molar-refractivity contribution in [1.82, 2.24) is 9.88 Å². The zero-order valence-electron chi connectivity index (χ0n) is 20.9. The van der Waals surface area contributed by atoms with Gasteiger partial charge in [0.1, 0.15) is 11.5 Å². The third kappa shape index (κ3) is 5.77. The van der Waals surface area contributed by atoms with Gasteiger partial charge in [0.15, 0.2) is 12.2 Å². The predicted octanol–water partition coefficient (Wildman–Crippen LogP) is 6.01. The van der Waals surface area contributed by atoms with E-state index < -0.39 is 17.6 Å². The molecule has 2 aliphatic heterocycles. The minimum atomic E-state index is -4.55. The maximum Gasteiger partial charge on any atom is 0.416 e. The quantitative estimate of drug-likeness (QED) is 0.146. The van der Waals surface area contributed by atoms with Gasteiger partial charge in [0, 0.05) is 36.8 Å². The van der Waals surface area contributed by atoms with E-state index in [0.29, 0.717) is 24.1 Å². The molecule has 196 valence electrons. The molecule has 0 saturated carbocycles. The Bertz CT molecular complexity index is 1150. The number of rotatable bonds is 7. The van der Waals surface area contributed by atoms with Crippen LogP contribution in [0.25, 0.3) is 0 Å². The lowest BCUT2D eigenvalue weighted by Crippen LogP contribution is -2.38. The molecule has 6 nitrogen and oxygen atoms in total. The molecule has 2 atom stereocenters. The molecule has 0 radical (unpaired) electrons. The summed E-state index contributed by atoms with van der Waals surface area (Å²) in [6, 6.07) is 2.94. The fourth-order valence-corrected chi connectivity index (χ4v) is 5.82. The van der Waals surface area contributed by atoms with E-state index in [2.05, 4.69) is 27.0 Å². The molecule has 1 aromatic heterocycles. The Labute approximate surface area is 212 Å². The third-order valence-corrected chi connectivity index (χ3v) is 8.04. The van der Waals surface area contributed by atoms with Crippen LogP contribution in [0.15, 0.2) is 39.2 Å². The molecular weight excluding hydrogens is 494 g/mol. The van der Waals surface area contributed by atoms with E-state index in [4.69, 9.17) is 4.42 Å². The van der Waals surface area contributed by atoms with Crippen LogP contribution in [0.4, 0.5) is 23.2 Å². The number of halogens is 4. The van der Waals surface area contributed by atoms with Gasteiger partial charge in [-0.05, 0) is 58.4 Å². The molecule has 0 amide bonds. The number of anilines is 1. The van der Waals surface area contributed by atoms with Gasteiger partial charge >= 0.3 is 6.18 Å². The van der Waals surface area contributed by atoms with Crippen molar-refractivity contribution in [2.45, 2.75) is 52.8 Å². The van der Waals surface area contributed by atoms with E-state index in [1.165, 1.54) is 12.5 Å². The maximum absolute atomic E-state index is 14.7. The monoisotopic (exact) mass is 525 g/mol. The Balaban J connectivity index is 1.29. The van der Waals surface area contributed by atoms with Crippen LogP contribution in [-0.4, -0.2) is 58.6 Å². The number of hydrogen-bond donors (Lipinski definition) is 0. The van der Waals surface area contributed by atoms with Crippen molar-refractivity contribution < 1.29 is 22.0 Å². The fourth-order valence-electron chi connectivity index (χ4n) is 5.15. The Morgan fingerprint density at radius 2 is 2.06 bits per heavy atom. The molecule has 0 spiro atoms. The van der Waals surface area contributed by atoms with E-state index in [0.717, 1.165) is 55.0 Å². The molecule has 2 saturated heterocycles. The summed E-state index contributed by atoms with van der Waals surface area (Å²) in [4.78, 5) is 8.39. The highest BCUT2D eigenvalue weighted by atomic mass is 32.2. The van der Waals surface area contributed by atoms with Gasteiger partial charge in [0.2, 0.25) is 0 Å². The highest BCUT2D eigenvalue weighted by Gasteiger charge is 2.50. The topological polar surface area (TPSA) is 57.2 Å². The fraction of sp³-hybridized carbons (Fsp3) is 0.560. The first-order chi connectivity index (χ1) is 17.0. The van der Waals surface area contributed by atoms with Gasteiger partial charge in [0.05, 0.1) is 22.0 Å². The Kier molecular flexibility index (Phi) is 7.80. The highest BCUT2D eigenvalue weighted by molar-refractivity contribution is 8.13. The van der Waals surface area contributed by atoms with Crippen molar-refractivity contribution in [1.29, 1.82) is 0 Å². The van der Waals surface area contributed by atoms with Crippen LogP contribution in [-0.2, 0) is 6.18 Å². The molecule has 11 heteroatoms. The molecular formula is C25H31F4N5OS. The number of fused-ring (bicyclic) bond motifs is 1. The molecule has 0 bridgehead atoms. The van der Waals surface area contributed by atoms with E-state index in [1.807, 2.05) is 25.7 Å². The summed E-state index contributed by atoms with van der Waals surface area (Å²) in [5, 5.41) is 9.37. The van der Waals surface area contributed by atoms with Crippen LogP contribution in [0.2, 0.25) is 0 Å². The predicted molar refractivity (Wildman–Crippen MR) is 135 cm³/mol. The van der Waals surface area contributed by atoms with Crippen molar-refractivity contribution in [3.8, 4) is 0 Å². The SMILES string of the molecule is C/C(=N\N=C(/C)c1ocnc1C)SCCCN1C[C@H]2N(c3ccc(C(F)(F)F)cc3F)CC[C@@]2(C)C1. The third-order valence-electron chi connectivity index (χ3n) is 7.05. The Hall–Kier alpha value is -2.40. The van der Waals surface area contributed by atoms with Crippen LogP contribution < -0.4 is 4.90 Å². The zero-order valence-corrected chi connectivity index (χ0v) is 21.7. The molecule has 0 N–H and O–H groups in total. The van der Waals surface area contributed by atoms with Crippen molar-refractivity contribution in [3.63, 3.8) is 0 Å². The summed E-state index contributed by atoms with van der Waals surface area (Å²) in [7, 11) is 0. The average molecular weight is 526 g/mol. The minimum absolute atomic E-state index is 0.00919. The number of benzene rings is 1. The first-order valence-electron chi connectivity index (χ1n) is 12.0. The first kappa shape index (κ1) is 26.7. The molecule has 2 aromatic rings.